The van der Waals surface area contributed by atoms with E-state index in [9.17, 15) is 27.6 Å². The van der Waals surface area contributed by atoms with E-state index >= 15 is 0 Å². The highest BCUT2D eigenvalue weighted by Crippen LogP contribution is 2.33. The van der Waals surface area contributed by atoms with Crippen LogP contribution in [0.15, 0.2) is 83.2 Å². The number of fused-ring (bicyclic) bond motifs is 1. The van der Waals surface area contributed by atoms with E-state index in [-0.39, 0.29) is 28.1 Å². The molecule has 1 N–H and O–H groups in total. The zero-order valence-corrected chi connectivity index (χ0v) is 19.8. The number of rotatable bonds is 6. The summed E-state index contributed by atoms with van der Waals surface area (Å²) < 4.78 is 47.9. The molecule has 5 rings (SSSR count). The van der Waals surface area contributed by atoms with Gasteiger partial charge in [-0.25, -0.2) is 0 Å². The number of amides is 3. The van der Waals surface area contributed by atoms with E-state index < -0.39 is 36.0 Å². The lowest BCUT2D eigenvalue weighted by Gasteiger charge is -2.18. The molecule has 8 nitrogen and oxygen atoms in total. The van der Waals surface area contributed by atoms with Crippen molar-refractivity contribution in [3.05, 3.63) is 107 Å². The predicted octanol–water partition coefficient (Wildman–Crippen LogP) is 4.77. The van der Waals surface area contributed by atoms with E-state index in [2.05, 4.69) is 10.4 Å². The van der Waals surface area contributed by atoms with Gasteiger partial charge in [0.15, 0.2) is 5.76 Å². The van der Waals surface area contributed by atoms with Crippen LogP contribution in [-0.4, -0.2) is 38.9 Å². The number of alkyl halides is 3. The quantitative estimate of drug-likeness (QED) is 0.370. The maximum absolute atomic E-state index is 13.6. The minimum atomic E-state index is -4.67. The first-order valence-corrected chi connectivity index (χ1v) is 11.3. The normalized spacial score (nSPS) is 13.7. The fourth-order valence-electron chi connectivity index (χ4n) is 4.20. The monoisotopic (exact) mass is 520 g/mol. The summed E-state index contributed by atoms with van der Waals surface area (Å²) in [5, 5.41) is 6.58. The zero-order chi connectivity index (χ0) is 27.0. The Balaban J connectivity index is 1.49. The Morgan fingerprint density at radius 1 is 1.03 bits per heavy atom. The van der Waals surface area contributed by atoms with Crippen LogP contribution in [0.25, 0.3) is 17.3 Å². The number of furan rings is 1. The summed E-state index contributed by atoms with van der Waals surface area (Å²) in [5.41, 5.74) is 0.279. The fourth-order valence-corrected chi connectivity index (χ4v) is 4.20. The molecule has 0 fully saturated rings. The molecule has 2 aromatic heterocycles. The van der Waals surface area contributed by atoms with Gasteiger partial charge in [0.2, 0.25) is 0 Å². The Morgan fingerprint density at radius 3 is 2.32 bits per heavy atom. The number of carbonyl (C=O) groups is 3. The van der Waals surface area contributed by atoms with Gasteiger partial charge >= 0.3 is 6.18 Å². The first-order chi connectivity index (χ1) is 18.1. The van der Waals surface area contributed by atoms with Gasteiger partial charge in [-0.05, 0) is 42.0 Å². The minimum Gasteiger partial charge on any atom is -0.458 e. The number of aryl methyl sites for hydroxylation is 1. The Morgan fingerprint density at radius 2 is 1.68 bits per heavy atom. The fraction of sp³-hybridized carbons (Fsp3) is 0.111. The van der Waals surface area contributed by atoms with Gasteiger partial charge in [-0.2, -0.15) is 18.3 Å². The molecule has 1 aliphatic heterocycles. The summed E-state index contributed by atoms with van der Waals surface area (Å²) in [5.74, 6) is -2.14. The van der Waals surface area contributed by atoms with Crippen molar-refractivity contribution in [2.45, 2.75) is 6.18 Å². The number of benzene rings is 2. The highest BCUT2D eigenvalue weighted by molar-refractivity contribution is 6.21. The molecule has 0 bridgehead atoms. The molecule has 1 aliphatic rings. The Hall–Kier alpha value is -4.93. The second-order valence-electron chi connectivity index (χ2n) is 8.49. The van der Waals surface area contributed by atoms with Crippen LogP contribution in [0.3, 0.4) is 0 Å². The van der Waals surface area contributed by atoms with Crippen LogP contribution in [0.2, 0.25) is 0 Å². The first-order valence-electron chi connectivity index (χ1n) is 11.3. The van der Waals surface area contributed by atoms with E-state index in [1.165, 1.54) is 42.7 Å². The molecule has 0 saturated carbocycles. The Bertz CT molecular complexity index is 1560. The summed E-state index contributed by atoms with van der Waals surface area (Å²) >= 11 is 0. The zero-order valence-electron chi connectivity index (χ0n) is 19.8. The summed E-state index contributed by atoms with van der Waals surface area (Å²) in [6.07, 6.45) is -0.659. The van der Waals surface area contributed by atoms with E-state index in [0.29, 0.717) is 11.3 Å². The van der Waals surface area contributed by atoms with Crippen molar-refractivity contribution >= 4 is 23.8 Å². The van der Waals surface area contributed by atoms with Gasteiger partial charge in [-0.15, -0.1) is 0 Å². The third kappa shape index (κ3) is 4.61. The summed E-state index contributed by atoms with van der Waals surface area (Å²) in [4.78, 5) is 39.7. The second kappa shape index (κ2) is 9.51. The molecule has 11 heteroatoms. The number of imide groups is 1. The van der Waals surface area contributed by atoms with Crippen molar-refractivity contribution in [2.75, 3.05) is 6.54 Å². The molecule has 3 heterocycles. The Labute approximate surface area is 214 Å². The molecule has 0 unspecified atom stereocenters. The number of nitrogens with one attached hydrogen (secondary N) is 1. The summed E-state index contributed by atoms with van der Waals surface area (Å²) in [7, 11) is 1.71. The number of hydrogen-bond acceptors (Lipinski definition) is 5. The number of hydrogen-bond donors (Lipinski definition) is 1. The average Bonchev–Trinajstić information content (AvgIpc) is 3.59. The van der Waals surface area contributed by atoms with Gasteiger partial charge in [-0.3, -0.25) is 24.0 Å². The molecular weight excluding hydrogens is 501 g/mol. The molecule has 0 aliphatic carbocycles. The first kappa shape index (κ1) is 24.8. The number of nitrogens with zero attached hydrogens (tertiary/aromatic N) is 3. The predicted molar refractivity (Wildman–Crippen MR) is 130 cm³/mol. The largest absolute Gasteiger partial charge is 0.458 e. The van der Waals surface area contributed by atoms with Gasteiger partial charge in [-0.1, -0.05) is 30.3 Å². The van der Waals surface area contributed by atoms with Gasteiger partial charge in [0.25, 0.3) is 17.7 Å². The van der Waals surface area contributed by atoms with E-state index in [4.69, 9.17) is 4.42 Å². The molecule has 38 heavy (non-hydrogen) atoms. The van der Waals surface area contributed by atoms with Crippen molar-refractivity contribution in [1.82, 2.24) is 20.0 Å². The van der Waals surface area contributed by atoms with Crippen LogP contribution >= 0.6 is 0 Å². The highest BCUT2D eigenvalue weighted by atomic mass is 19.4. The van der Waals surface area contributed by atoms with Crippen LogP contribution in [0.1, 0.15) is 42.4 Å². The molecule has 0 saturated heterocycles. The maximum atomic E-state index is 13.6. The number of aromatic nitrogens is 2. The van der Waals surface area contributed by atoms with Crippen LogP contribution in [-0.2, 0) is 13.2 Å². The standard InChI is InChI=1S/C27H19F3N4O4/c1-33-22(10-11-31-33)17-13-23(38-15-17)24(35)32-18(12-16-6-2-5-9-21(16)27(28,29)30)14-34-25(36)19-7-3-4-8-20(19)26(34)37/h2-13,15H,14H2,1H3,(H,32,35)/b18-12+. The topological polar surface area (TPSA) is 97.4 Å². The van der Waals surface area contributed by atoms with Crippen molar-refractivity contribution < 1.29 is 32.0 Å². The van der Waals surface area contributed by atoms with E-state index in [1.807, 2.05) is 0 Å². The van der Waals surface area contributed by atoms with Gasteiger partial charge < -0.3 is 9.73 Å². The molecule has 192 valence electrons. The molecule has 0 radical (unpaired) electrons. The molecule has 3 amide bonds. The molecular formula is C27H19F3N4O4. The molecule has 0 spiro atoms. The van der Waals surface area contributed by atoms with Crippen molar-refractivity contribution in [3.8, 4) is 11.3 Å². The van der Waals surface area contributed by atoms with Gasteiger partial charge in [0.1, 0.15) is 6.26 Å². The number of halogens is 3. The summed E-state index contributed by atoms with van der Waals surface area (Å²) in [6.45, 7) is -0.473. The van der Waals surface area contributed by atoms with Gasteiger partial charge in [0, 0.05) is 24.5 Å². The van der Waals surface area contributed by atoms with Crippen LogP contribution in [0.5, 0.6) is 0 Å². The lowest BCUT2D eigenvalue weighted by molar-refractivity contribution is -0.137. The van der Waals surface area contributed by atoms with Gasteiger partial charge in [0.05, 0.1) is 28.9 Å². The van der Waals surface area contributed by atoms with E-state index in [1.54, 1.807) is 36.1 Å². The lowest BCUT2D eigenvalue weighted by Crippen LogP contribution is -2.36. The average molecular weight is 520 g/mol. The molecule has 2 aromatic carbocycles. The Kier molecular flexibility index (Phi) is 6.19. The van der Waals surface area contributed by atoms with Crippen molar-refractivity contribution in [3.63, 3.8) is 0 Å². The SMILES string of the molecule is Cn1nccc1-c1coc(C(=O)N/C(=C/c2ccccc2C(F)(F)F)CN2C(=O)c3ccccc3C2=O)c1. The third-order valence-corrected chi connectivity index (χ3v) is 6.02. The smallest absolute Gasteiger partial charge is 0.416 e. The van der Waals surface area contributed by atoms with Crippen molar-refractivity contribution in [2.24, 2.45) is 7.05 Å². The molecule has 4 aromatic rings. The lowest BCUT2D eigenvalue weighted by atomic mass is 10.1. The molecule has 0 atom stereocenters. The summed E-state index contributed by atoms with van der Waals surface area (Å²) in [6, 6.07) is 14.1. The van der Waals surface area contributed by atoms with E-state index in [0.717, 1.165) is 17.0 Å². The number of carbonyl (C=O) groups excluding carboxylic acids is 3. The van der Waals surface area contributed by atoms with Crippen LogP contribution < -0.4 is 5.32 Å². The third-order valence-electron chi connectivity index (χ3n) is 6.02. The maximum Gasteiger partial charge on any atom is 0.416 e. The minimum absolute atomic E-state index is 0.111. The second-order valence-corrected chi connectivity index (χ2v) is 8.49. The van der Waals surface area contributed by atoms with Crippen LogP contribution in [0, 0.1) is 0 Å². The van der Waals surface area contributed by atoms with Crippen molar-refractivity contribution in [1.29, 1.82) is 0 Å². The highest BCUT2D eigenvalue weighted by Gasteiger charge is 2.36. The van der Waals surface area contributed by atoms with Crippen LogP contribution in [0.4, 0.5) is 13.2 Å².